The summed E-state index contributed by atoms with van der Waals surface area (Å²) < 4.78 is 0. The van der Waals surface area contributed by atoms with Gasteiger partial charge in [0.05, 0.1) is 0 Å². The van der Waals surface area contributed by atoms with Gasteiger partial charge in [0.1, 0.15) is 0 Å². The van der Waals surface area contributed by atoms with Gasteiger partial charge < -0.3 is 10.0 Å². The zero-order valence-electron chi connectivity index (χ0n) is 11.4. The third-order valence-electron chi connectivity index (χ3n) is 3.88. The highest BCUT2D eigenvalue weighted by Crippen LogP contribution is 2.40. The molecule has 1 N–H and O–H groups in total. The summed E-state index contributed by atoms with van der Waals surface area (Å²) >= 11 is 5.99. The maximum Gasteiger partial charge on any atom is 0.256 e. The second kappa shape index (κ2) is 5.51. The first-order chi connectivity index (χ1) is 9.00. The SMILES string of the molecule is CCCCCCC1(O)c2cc(Cl)ccc2C(=O)N1C. The number of hydrogen-bond donors (Lipinski definition) is 1. The van der Waals surface area contributed by atoms with Crippen LogP contribution in [0.1, 0.15) is 54.9 Å². The molecule has 1 amide bonds. The van der Waals surface area contributed by atoms with Gasteiger partial charge in [0.15, 0.2) is 5.72 Å². The molecule has 0 spiro atoms. The van der Waals surface area contributed by atoms with Crippen molar-refractivity contribution >= 4 is 17.5 Å². The van der Waals surface area contributed by atoms with Gasteiger partial charge in [-0.15, -0.1) is 0 Å². The Morgan fingerprint density at radius 3 is 2.74 bits per heavy atom. The number of benzene rings is 1. The van der Waals surface area contributed by atoms with Gasteiger partial charge in [0, 0.05) is 23.2 Å². The van der Waals surface area contributed by atoms with Crippen molar-refractivity contribution in [2.45, 2.75) is 44.8 Å². The quantitative estimate of drug-likeness (QED) is 0.839. The molecule has 3 nitrogen and oxygen atoms in total. The first kappa shape index (κ1) is 14.4. The fourth-order valence-electron chi connectivity index (χ4n) is 2.66. The number of amides is 1. The van der Waals surface area contributed by atoms with Crippen LogP contribution in [0.4, 0.5) is 0 Å². The minimum absolute atomic E-state index is 0.135. The molecule has 1 atom stereocenters. The van der Waals surface area contributed by atoms with E-state index in [0.29, 0.717) is 22.6 Å². The molecule has 0 bridgehead atoms. The van der Waals surface area contributed by atoms with Crippen molar-refractivity contribution in [3.8, 4) is 0 Å². The van der Waals surface area contributed by atoms with E-state index < -0.39 is 5.72 Å². The molecule has 1 aromatic rings. The van der Waals surface area contributed by atoms with E-state index in [-0.39, 0.29) is 5.91 Å². The highest BCUT2D eigenvalue weighted by molar-refractivity contribution is 6.30. The lowest BCUT2D eigenvalue weighted by atomic mass is 9.95. The van der Waals surface area contributed by atoms with Crippen LogP contribution in [0.3, 0.4) is 0 Å². The van der Waals surface area contributed by atoms with Gasteiger partial charge in [-0.2, -0.15) is 0 Å². The minimum Gasteiger partial charge on any atom is -0.367 e. The zero-order valence-corrected chi connectivity index (χ0v) is 12.2. The van der Waals surface area contributed by atoms with Crippen molar-refractivity contribution in [1.29, 1.82) is 0 Å². The van der Waals surface area contributed by atoms with E-state index in [2.05, 4.69) is 6.92 Å². The molecule has 0 fully saturated rings. The smallest absolute Gasteiger partial charge is 0.256 e. The van der Waals surface area contributed by atoms with Gasteiger partial charge in [0.25, 0.3) is 5.91 Å². The number of fused-ring (bicyclic) bond motifs is 1. The fraction of sp³-hybridized carbons (Fsp3) is 0.533. The second-order valence-electron chi connectivity index (χ2n) is 5.18. The summed E-state index contributed by atoms with van der Waals surface area (Å²) in [4.78, 5) is 13.6. The Labute approximate surface area is 119 Å². The van der Waals surface area contributed by atoms with Crippen LogP contribution in [0, 0.1) is 0 Å². The van der Waals surface area contributed by atoms with Crippen LogP contribution >= 0.6 is 11.6 Å². The van der Waals surface area contributed by atoms with E-state index in [1.165, 1.54) is 4.90 Å². The normalized spacial score (nSPS) is 21.9. The van der Waals surface area contributed by atoms with E-state index in [4.69, 9.17) is 11.6 Å². The lowest BCUT2D eigenvalue weighted by Gasteiger charge is -2.31. The maximum atomic E-state index is 12.1. The summed E-state index contributed by atoms with van der Waals surface area (Å²) in [6.45, 7) is 2.15. The molecule has 1 aromatic carbocycles. The van der Waals surface area contributed by atoms with Crippen LogP contribution in [0.2, 0.25) is 5.02 Å². The van der Waals surface area contributed by atoms with Gasteiger partial charge in [-0.25, -0.2) is 0 Å². The highest BCUT2D eigenvalue weighted by Gasteiger charge is 2.45. The van der Waals surface area contributed by atoms with Crippen LogP contribution in [0.5, 0.6) is 0 Å². The fourth-order valence-corrected chi connectivity index (χ4v) is 2.84. The third-order valence-corrected chi connectivity index (χ3v) is 4.12. The molecule has 1 unspecified atom stereocenters. The summed E-state index contributed by atoms with van der Waals surface area (Å²) in [6, 6.07) is 5.09. The number of halogens is 1. The average molecular weight is 282 g/mol. The van der Waals surface area contributed by atoms with Crippen LogP contribution in [-0.2, 0) is 5.72 Å². The number of unbranched alkanes of at least 4 members (excludes halogenated alkanes) is 3. The molecule has 0 aromatic heterocycles. The highest BCUT2D eigenvalue weighted by atomic mass is 35.5. The predicted octanol–water partition coefficient (Wildman–Crippen LogP) is 3.54. The van der Waals surface area contributed by atoms with Crippen molar-refractivity contribution in [1.82, 2.24) is 4.90 Å². The number of hydrogen-bond acceptors (Lipinski definition) is 2. The average Bonchev–Trinajstić information content (AvgIpc) is 2.58. The maximum absolute atomic E-state index is 12.1. The molecule has 1 aliphatic heterocycles. The number of carbonyl (C=O) groups excluding carboxylic acids is 1. The van der Waals surface area contributed by atoms with Crippen LogP contribution in [-0.4, -0.2) is 23.0 Å². The van der Waals surface area contributed by atoms with Crippen molar-refractivity contribution < 1.29 is 9.90 Å². The Morgan fingerprint density at radius 1 is 1.32 bits per heavy atom. The number of nitrogens with zero attached hydrogens (tertiary/aromatic N) is 1. The van der Waals surface area contributed by atoms with Crippen molar-refractivity contribution in [3.63, 3.8) is 0 Å². The van der Waals surface area contributed by atoms with E-state index >= 15 is 0 Å². The Hall–Kier alpha value is -1.06. The summed E-state index contributed by atoms with van der Waals surface area (Å²) in [5.74, 6) is -0.135. The van der Waals surface area contributed by atoms with Gasteiger partial charge in [0.2, 0.25) is 0 Å². The molecule has 0 aliphatic carbocycles. The first-order valence-corrected chi connectivity index (χ1v) is 7.19. The molecule has 4 heteroatoms. The third kappa shape index (κ3) is 2.49. The zero-order chi connectivity index (χ0) is 14.0. The molecule has 1 aliphatic rings. The molecule has 0 radical (unpaired) electrons. The molecule has 0 saturated heterocycles. The van der Waals surface area contributed by atoms with E-state index in [1.54, 1.807) is 25.2 Å². The molecule has 0 saturated carbocycles. The summed E-state index contributed by atoms with van der Waals surface area (Å²) in [7, 11) is 1.65. The van der Waals surface area contributed by atoms with Crippen LogP contribution < -0.4 is 0 Å². The predicted molar refractivity (Wildman–Crippen MR) is 76.2 cm³/mol. The first-order valence-electron chi connectivity index (χ1n) is 6.81. The van der Waals surface area contributed by atoms with Gasteiger partial charge in [-0.05, 0) is 31.0 Å². The van der Waals surface area contributed by atoms with Crippen molar-refractivity contribution in [2.24, 2.45) is 0 Å². The molecule has 2 rings (SSSR count). The summed E-state index contributed by atoms with van der Waals surface area (Å²) in [6.07, 6.45) is 4.82. The molecule has 19 heavy (non-hydrogen) atoms. The molecule has 104 valence electrons. The van der Waals surface area contributed by atoms with Crippen LogP contribution in [0.25, 0.3) is 0 Å². The molecular weight excluding hydrogens is 262 g/mol. The molecular formula is C15H20ClNO2. The topological polar surface area (TPSA) is 40.5 Å². The Morgan fingerprint density at radius 2 is 2.05 bits per heavy atom. The Kier molecular flexibility index (Phi) is 4.16. The number of carbonyl (C=O) groups is 1. The van der Waals surface area contributed by atoms with Gasteiger partial charge in [-0.1, -0.05) is 37.8 Å². The number of rotatable bonds is 5. The monoisotopic (exact) mass is 281 g/mol. The Balaban J connectivity index is 2.25. The largest absolute Gasteiger partial charge is 0.367 e. The second-order valence-corrected chi connectivity index (χ2v) is 5.62. The van der Waals surface area contributed by atoms with E-state index in [0.717, 1.165) is 25.7 Å². The van der Waals surface area contributed by atoms with Crippen LogP contribution in [0.15, 0.2) is 18.2 Å². The minimum atomic E-state index is -1.20. The van der Waals surface area contributed by atoms with E-state index in [9.17, 15) is 9.90 Å². The number of aliphatic hydroxyl groups is 1. The standard InChI is InChI=1S/C15H20ClNO2/c1-3-4-5-6-9-15(19)13-10-11(16)7-8-12(13)14(18)17(15)2/h7-8,10,19H,3-6,9H2,1-2H3. The summed E-state index contributed by atoms with van der Waals surface area (Å²) in [5.41, 5.74) is -0.000639. The van der Waals surface area contributed by atoms with Gasteiger partial charge >= 0.3 is 0 Å². The van der Waals surface area contributed by atoms with E-state index in [1.807, 2.05) is 0 Å². The van der Waals surface area contributed by atoms with Crippen molar-refractivity contribution in [3.05, 3.63) is 34.3 Å². The lowest BCUT2D eigenvalue weighted by Crippen LogP contribution is -2.40. The lowest BCUT2D eigenvalue weighted by molar-refractivity contribution is -0.0800. The summed E-state index contributed by atoms with van der Waals surface area (Å²) in [5, 5.41) is 11.4. The van der Waals surface area contributed by atoms with Gasteiger partial charge in [-0.3, -0.25) is 4.79 Å². The molecule has 1 heterocycles. The Bertz CT molecular complexity index is 489. The van der Waals surface area contributed by atoms with Crippen molar-refractivity contribution in [2.75, 3.05) is 7.05 Å².